The van der Waals surface area contributed by atoms with Crippen LogP contribution in [0.4, 0.5) is 5.69 Å². The topological polar surface area (TPSA) is 47.6 Å². The molecule has 1 amide bonds. The Morgan fingerprint density at radius 2 is 1.64 bits per heavy atom. The molecule has 0 unspecified atom stereocenters. The molecule has 0 aromatic heterocycles. The molecule has 2 aromatic carbocycles. The molecule has 0 aliphatic carbocycles. The molecule has 0 heterocycles. The van der Waals surface area contributed by atoms with Crippen LogP contribution in [0.15, 0.2) is 36.4 Å². The number of carbonyl (C=O) groups excluding carboxylic acids is 1. The SMILES string of the molecule is CCCCOc1ccc(NC(=O)COc2c(C)cc(C)cc2C)cc1. The van der Waals surface area contributed by atoms with E-state index in [9.17, 15) is 4.79 Å². The highest BCUT2D eigenvalue weighted by Gasteiger charge is 2.09. The van der Waals surface area contributed by atoms with Crippen LogP contribution in [-0.4, -0.2) is 19.1 Å². The Morgan fingerprint density at radius 1 is 1.00 bits per heavy atom. The van der Waals surface area contributed by atoms with Crippen LogP contribution in [0.3, 0.4) is 0 Å². The molecular weight excluding hydrogens is 314 g/mol. The summed E-state index contributed by atoms with van der Waals surface area (Å²) in [5.41, 5.74) is 4.00. The third-order valence-corrected chi connectivity index (χ3v) is 3.86. The summed E-state index contributed by atoms with van der Waals surface area (Å²) in [6, 6.07) is 11.5. The lowest BCUT2D eigenvalue weighted by Gasteiger charge is -2.13. The molecule has 4 nitrogen and oxygen atoms in total. The number of anilines is 1. The number of nitrogens with one attached hydrogen (secondary N) is 1. The molecule has 0 aliphatic heterocycles. The largest absolute Gasteiger partial charge is 0.494 e. The normalized spacial score (nSPS) is 10.4. The predicted octanol–water partition coefficient (Wildman–Crippen LogP) is 4.81. The van der Waals surface area contributed by atoms with Crippen LogP contribution in [0.2, 0.25) is 0 Å². The van der Waals surface area contributed by atoms with Crippen molar-refractivity contribution in [2.45, 2.75) is 40.5 Å². The van der Waals surface area contributed by atoms with Crippen LogP contribution >= 0.6 is 0 Å². The third kappa shape index (κ3) is 5.82. The first-order chi connectivity index (χ1) is 12.0. The molecule has 1 N–H and O–H groups in total. The van der Waals surface area contributed by atoms with Crippen molar-refractivity contribution in [3.63, 3.8) is 0 Å². The van der Waals surface area contributed by atoms with Crippen molar-refractivity contribution in [3.05, 3.63) is 53.1 Å². The summed E-state index contributed by atoms with van der Waals surface area (Å²) < 4.78 is 11.3. The highest BCUT2D eigenvalue weighted by molar-refractivity contribution is 5.91. The lowest BCUT2D eigenvalue weighted by Crippen LogP contribution is -2.20. The van der Waals surface area contributed by atoms with E-state index in [1.807, 2.05) is 45.0 Å². The van der Waals surface area contributed by atoms with Crippen LogP contribution < -0.4 is 14.8 Å². The predicted molar refractivity (Wildman–Crippen MR) is 102 cm³/mol. The van der Waals surface area contributed by atoms with Gasteiger partial charge in [-0.25, -0.2) is 0 Å². The second-order valence-corrected chi connectivity index (χ2v) is 6.29. The molecule has 0 bridgehead atoms. The highest BCUT2D eigenvalue weighted by atomic mass is 16.5. The maximum Gasteiger partial charge on any atom is 0.262 e. The average Bonchev–Trinajstić information content (AvgIpc) is 2.55. The summed E-state index contributed by atoms with van der Waals surface area (Å²) >= 11 is 0. The van der Waals surface area contributed by atoms with E-state index in [1.165, 1.54) is 5.56 Å². The molecule has 0 aliphatic rings. The van der Waals surface area contributed by atoms with Gasteiger partial charge in [0.2, 0.25) is 0 Å². The maximum atomic E-state index is 12.1. The number of unbranched alkanes of at least 4 members (excludes halogenated alkanes) is 1. The molecule has 0 atom stereocenters. The number of ether oxygens (including phenoxy) is 2. The fraction of sp³-hybridized carbons (Fsp3) is 0.381. The first-order valence-corrected chi connectivity index (χ1v) is 8.73. The van der Waals surface area contributed by atoms with Crippen molar-refractivity contribution < 1.29 is 14.3 Å². The van der Waals surface area contributed by atoms with Crippen LogP contribution in [0, 0.1) is 20.8 Å². The Kier molecular flexibility index (Phi) is 6.87. The van der Waals surface area contributed by atoms with Gasteiger partial charge in [0.25, 0.3) is 5.91 Å². The standard InChI is InChI=1S/C21H27NO3/c1-5-6-11-24-19-9-7-18(8-10-19)22-20(23)14-25-21-16(3)12-15(2)13-17(21)4/h7-10,12-13H,5-6,11,14H2,1-4H3,(H,22,23). The molecule has 0 saturated heterocycles. The molecule has 25 heavy (non-hydrogen) atoms. The quantitative estimate of drug-likeness (QED) is 0.701. The van der Waals surface area contributed by atoms with E-state index < -0.39 is 0 Å². The fourth-order valence-corrected chi connectivity index (χ4v) is 2.70. The van der Waals surface area contributed by atoms with Crippen molar-refractivity contribution in [2.75, 3.05) is 18.5 Å². The summed E-state index contributed by atoms with van der Waals surface area (Å²) in [5, 5.41) is 2.84. The Balaban J connectivity index is 1.86. The zero-order chi connectivity index (χ0) is 18.2. The van der Waals surface area contributed by atoms with Crippen molar-refractivity contribution in [1.29, 1.82) is 0 Å². The second kappa shape index (κ2) is 9.11. The van der Waals surface area contributed by atoms with Gasteiger partial charge in [0.1, 0.15) is 11.5 Å². The van der Waals surface area contributed by atoms with Gasteiger partial charge in [-0.15, -0.1) is 0 Å². The first-order valence-electron chi connectivity index (χ1n) is 8.73. The fourth-order valence-electron chi connectivity index (χ4n) is 2.70. The van der Waals surface area contributed by atoms with E-state index >= 15 is 0 Å². The van der Waals surface area contributed by atoms with E-state index in [0.717, 1.165) is 41.2 Å². The van der Waals surface area contributed by atoms with E-state index in [2.05, 4.69) is 24.4 Å². The van der Waals surface area contributed by atoms with Crippen molar-refractivity contribution in [2.24, 2.45) is 0 Å². The number of hydrogen-bond donors (Lipinski definition) is 1. The first kappa shape index (κ1) is 18.8. The number of amides is 1. The van der Waals surface area contributed by atoms with E-state index in [1.54, 1.807) is 0 Å². The summed E-state index contributed by atoms with van der Waals surface area (Å²) in [7, 11) is 0. The van der Waals surface area contributed by atoms with Gasteiger partial charge in [0.15, 0.2) is 6.61 Å². The van der Waals surface area contributed by atoms with Crippen molar-refractivity contribution >= 4 is 11.6 Å². The Labute approximate surface area is 150 Å². The average molecular weight is 341 g/mol. The lowest BCUT2D eigenvalue weighted by atomic mass is 10.1. The van der Waals surface area contributed by atoms with Gasteiger partial charge in [-0.2, -0.15) is 0 Å². The molecule has 0 radical (unpaired) electrons. The minimum absolute atomic E-state index is 0.0144. The van der Waals surface area contributed by atoms with Gasteiger partial charge in [-0.05, 0) is 62.6 Å². The molecule has 2 rings (SSSR count). The van der Waals surface area contributed by atoms with Crippen LogP contribution in [-0.2, 0) is 4.79 Å². The summed E-state index contributed by atoms with van der Waals surface area (Å²) in [4.78, 5) is 12.1. The van der Waals surface area contributed by atoms with Crippen LogP contribution in [0.1, 0.15) is 36.5 Å². The summed E-state index contributed by atoms with van der Waals surface area (Å²) in [5.74, 6) is 1.41. The molecule has 0 saturated carbocycles. The maximum absolute atomic E-state index is 12.1. The smallest absolute Gasteiger partial charge is 0.262 e. The third-order valence-electron chi connectivity index (χ3n) is 3.86. The second-order valence-electron chi connectivity index (χ2n) is 6.29. The zero-order valence-electron chi connectivity index (χ0n) is 15.5. The number of aryl methyl sites for hydroxylation is 3. The Hall–Kier alpha value is -2.49. The number of hydrogen-bond acceptors (Lipinski definition) is 3. The monoisotopic (exact) mass is 341 g/mol. The van der Waals surface area contributed by atoms with Crippen molar-refractivity contribution in [1.82, 2.24) is 0 Å². The molecule has 134 valence electrons. The van der Waals surface area contributed by atoms with Crippen LogP contribution in [0.25, 0.3) is 0 Å². The van der Waals surface area contributed by atoms with Gasteiger partial charge in [0, 0.05) is 5.69 Å². The van der Waals surface area contributed by atoms with Gasteiger partial charge in [-0.1, -0.05) is 31.0 Å². The Bertz CT molecular complexity index is 685. The molecule has 0 fully saturated rings. The van der Waals surface area contributed by atoms with Crippen LogP contribution in [0.5, 0.6) is 11.5 Å². The Morgan fingerprint density at radius 3 is 2.24 bits per heavy atom. The van der Waals surface area contributed by atoms with Gasteiger partial charge in [-0.3, -0.25) is 4.79 Å². The molecule has 4 heteroatoms. The van der Waals surface area contributed by atoms with E-state index in [-0.39, 0.29) is 12.5 Å². The van der Waals surface area contributed by atoms with Gasteiger partial charge in [0.05, 0.1) is 6.61 Å². The molecule has 0 spiro atoms. The number of rotatable bonds is 8. The highest BCUT2D eigenvalue weighted by Crippen LogP contribution is 2.24. The minimum atomic E-state index is -0.181. The summed E-state index contributed by atoms with van der Waals surface area (Å²) in [6.07, 6.45) is 2.14. The van der Waals surface area contributed by atoms with Gasteiger partial charge >= 0.3 is 0 Å². The van der Waals surface area contributed by atoms with Gasteiger partial charge < -0.3 is 14.8 Å². The molecular formula is C21H27NO3. The van der Waals surface area contributed by atoms with E-state index in [4.69, 9.17) is 9.47 Å². The minimum Gasteiger partial charge on any atom is -0.494 e. The number of benzene rings is 2. The number of carbonyl (C=O) groups is 1. The summed E-state index contributed by atoms with van der Waals surface area (Å²) in [6.45, 7) is 8.86. The van der Waals surface area contributed by atoms with E-state index in [0.29, 0.717) is 6.61 Å². The zero-order valence-corrected chi connectivity index (χ0v) is 15.5. The van der Waals surface area contributed by atoms with Crippen molar-refractivity contribution in [3.8, 4) is 11.5 Å². The lowest BCUT2D eigenvalue weighted by molar-refractivity contribution is -0.118. The molecule has 2 aromatic rings.